The summed E-state index contributed by atoms with van der Waals surface area (Å²) in [5.74, 6) is -0.584. The van der Waals surface area contributed by atoms with Gasteiger partial charge in [-0.1, -0.05) is 6.92 Å². The van der Waals surface area contributed by atoms with Crippen LogP contribution in [-0.4, -0.2) is 49.6 Å². The fourth-order valence-electron chi connectivity index (χ4n) is 1.96. The first-order valence-electron chi connectivity index (χ1n) is 6.63. The molecule has 1 heterocycles. The van der Waals surface area contributed by atoms with Crippen molar-refractivity contribution >= 4 is 33.3 Å². The second-order valence-electron chi connectivity index (χ2n) is 4.83. The topological polar surface area (TPSA) is 90.5 Å². The van der Waals surface area contributed by atoms with E-state index in [-0.39, 0.29) is 18.4 Å². The van der Waals surface area contributed by atoms with Crippen molar-refractivity contribution in [3.8, 4) is 0 Å². The van der Waals surface area contributed by atoms with Crippen molar-refractivity contribution in [3.05, 3.63) is 0 Å². The minimum Gasteiger partial charge on any atom is -0.361 e. The summed E-state index contributed by atoms with van der Waals surface area (Å²) in [7, 11) is -3.24. The summed E-state index contributed by atoms with van der Waals surface area (Å²) in [6.07, 6.45) is 3.45. The first-order chi connectivity index (χ1) is 9.34. The summed E-state index contributed by atoms with van der Waals surface area (Å²) in [6.45, 7) is 3.44. The lowest BCUT2D eigenvalue weighted by atomic mass is 9.99. The van der Waals surface area contributed by atoms with Crippen molar-refractivity contribution in [3.63, 3.8) is 0 Å². The molecule has 116 valence electrons. The predicted octanol–water partition coefficient (Wildman–Crippen LogP) is -0.437. The van der Waals surface area contributed by atoms with Crippen molar-refractivity contribution in [1.29, 1.82) is 0 Å². The summed E-state index contributed by atoms with van der Waals surface area (Å²) in [4.78, 5) is 12.0. The zero-order valence-corrected chi connectivity index (χ0v) is 13.4. The van der Waals surface area contributed by atoms with Crippen LogP contribution < -0.4 is 16.2 Å². The lowest BCUT2D eigenvalue weighted by Crippen LogP contribution is -2.52. The van der Waals surface area contributed by atoms with Gasteiger partial charge in [-0.3, -0.25) is 15.6 Å². The van der Waals surface area contributed by atoms with Crippen LogP contribution >= 0.6 is 12.2 Å². The molecular weight excluding hydrogens is 300 g/mol. The normalized spacial score (nSPS) is 20.2. The zero-order valence-electron chi connectivity index (χ0n) is 11.8. The molecule has 0 aliphatic carbocycles. The van der Waals surface area contributed by atoms with Gasteiger partial charge in [-0.05, 0) is 31.5 Å². The molecule has 1 aliphatic heterocycles. The highest BCUT2D eigenvalue weighted by molar-refractivity contribution is 7.88. The summed E-state index contributed by atoms with van der Waals surface area (Å²) in [5, 5.41) is 3.28. The highest BCUT2D eigenvalue weighted by Gasteiger charge is 2.30. The molecule has 0 radical (unpaired) electrons. The van der Waals surface area contributed by atoms with Crippen LogP contribution in [0.15, 0.2) is 0 Å². The molecule has 1 saturated heterocycles. The molecular formula is C11H22N4O3S2. The van der Waals surface area contributed by atoms with Gasteiger partial charge in [-0.2, -0.15) is 0 Å². The van der Waals surface area contributed by atoms with Crippen molar-refractivity contribution in [1.82, 2.24) is 20.5 Å². The Labute approximate surface area is 125 Å². The minimum atomic E-state index is -3.24. The van der Waals surface area contributed by atoms with E-state index in [2.05, 4.69) is 16.2 Å². The zero-order chi connectivity index (χ0) is 15.2. The SMILES string of the molecule is CCCNC(=S)NNC(=O)[C@@H]1CCCN(S(C)(=O)=O)C1. The van der Waals surface area contributed by atoms with Crippen LogP contribution in [0.4, 0.5) is 0 Å². The molecule has 20 heavy (non-hydrogen) atoms. The van der Waals surface area contributed by atoms with Gasteiger partial charge < -0.3 is 5.32 Å². The third kappa shape index (κ3) is 5.59. The maximum Gasteiger partial charge on any atom is 0.242 e. The molecule has 7 nitrogen and oxygen atoms in total. The Morgan fingerprint density at radius 1 is 1.40 bits per heavy atom. The van der Waals surface area contributed by atoms with Crippen LogP contribution in [0.3, 0.4) is 0 Å². The van der Waals surface area contributed by atoms with E-state index in [0.717, 1.165) is 19.2 Å². The van der Waals surface area contributed by atoms with Crippen LogP contribution in [0.2, 0.25) is 0 Å². The van der Waals surface area contributed by atoms with Gasteiger partial charge in [-0.15, -0.1) is 0 Å². The molecule has 0 aromatic carbocycles. The van der Waals surface area contributed by atoms with E-state index < -0.39 is 10.0 Å². The van der Waals surface area contributed by atoms with Crippen molar-refractivity contribution in [2.45, 2.75) is 26.2 Å². The third-order valence-corrected chi connectivity index (χ3v) is 4.57. The molecule has 0 saturated carbocycles. The molecule has 1 atom stereocenters. The van der Waals surface area contributed by atoms with E-state index in [0.29, 0.717) is 24.5 Å². The first kappa shape index (κ1) is 17.1. The molecule has 1 rings (SSSR count). The number of hydrogen-bond donors (Lipinski definition) is 3. The minimum absolute atomic E-state index is 0.224. The van der Waals surface area contributed by atoms with E-state index in [4.69, 9.17) is 12.2 Å². The van der Waals surface area contributed by atoms with E-state index >= 15 is 0 Å². The third-order valence-electron chi connectivity index (χ3n) is 3.06. The number of amides is 1. The van der Waals surface area contributed by atoms with E-state index in [1.165, 1.54) is 4.31 Å². The highest BCUT2D eigenvalue weighted by Crippen LogP contribution is 2.18. The van der Waals surface area contributed by atoms with Gasteiger partial charge in [0.25, 0.3) is 0 Å². The highest BCUT2D eigenvalue weighted by atomic mass is 32.2. The Morgan fingerprint density at radius 2 is 2.10 bits per heavy atom. The van der Waals surface area contributed by atoms with Crippen LogP contribution in [0, 0.1) is 5.92 Å². The lowest BCUT2D eigenvalue weighted by Gasteiger charge is -2.30. The number of carbonyl (C=O) groups is 1. The maximum absolute atomic E-state index is 12.0. The number of nitrogens with zero attached hydrogens (tertiary/aromatic N) is 1. The quantitative estimate of drug-likeness (QED) is 0.480. The van der Waals surface area contributed by atoms with Gasteiger partial charge in [0.1, 0.15) is 0 Å². The van der Waals surface area contributed by atoms with Gasteiger partial charge in [-0.25, -0.2) is 12.7 Å². The molecule has 3 N–H and O–H groups in total. The Balaban J connectivity index is 2.41. The smallest absolute Gasteiger partial charge is 0.242 e. The largest absolute Gasteiger partial charge is 0.361 e. The van der Waals surface area contributed by atoms with Gasteiger partial charge >= 0.3 is 0 Å². The number of hydrogen-bond acceptors (Lipinski definition) is 4. The number of thiocarbonyl (C=S) groups is 1. The average molecular weight is 322 g/mol. The lowest BCUT2D eigenvalue weighted by molar-refractivity contribution is -0.126. The Bertz CT molecular complexity index is 453. The van der Waals surface area contributed by atoms with E-state index in [1.54, 1.807) is 0 Å². The Morgan fingerprint density at radius 3 is 2.70 bits per heavy atom. The number of piperidine rings is 1. The van der Waals surface area contributed by atoms with Gasteiger partial charge in [0, 0.05) is 19.6 Å². The fraction of sp³-hybridized carbons (Fsp3) is 0.818. The first-order valence-corrected chi connectivity index (χ1v) is 8.89. The van der Waals surface area contributed by atoms with Gasteiger partial charge in [0.05, 0.1) is 12.2 Å². The standard InChI is InChI=1S/C11H22N4O3S2/c1-3-6-12-11(19)14-13-10(16)9-5-4-7-15(8-9)20(2,17)18/h9H,3-8H2,1-2H3,(H,13,16)(H2,12,14,19)/t9-/m1/s1. The molecule has 0 unspecified atom stereocenters. The predicted molar refractivity (Wildman–Crippen MR) is 81.3 cm³/mol. The second kappa shape index (κ2) is 7.75. The Hall–Kier alpha value is -0.930. The number of hydrazine groups is 1. The average Bonchev–Trinajstić information content (AvgIpc) is 2.41. The van der Waals surface area contributed by atoms with Crippen LogP contribution in [0.5, 0.6) is 0 Å². The molecule has 0 aromatic rings. The summed E-state index contributed by atoms with van der Waals surface area (Å²) >= 11 is 4.98. The molecule has 0 aromatic heterocycles. The van der Waals surface area contributed by atoms with Crippen LogP contribution in [0.25, 0.3) is 0 Å². The summed E-state index contributed by atoms with van der Waals surface area (Å²) in [5.41, 5.74) is 5.14. The molecule has 1 aliphatic rings. The van der Waals surface area contributed by atoms with Crippen molar-refractivity contribution in [2.75, 3.05) is 25.9 Å². The number of sulfonamides is 1. The number of nitrogens with one attached hydrogen (secondary N) is 3. The fourth-order valence-corrected chi connectivity index (χ4v) is 3.03. The number of rotatable bonds is 4. The summed E-state index contributed by atoms with van der Waals surface area (Å²) in [6, 6.07) is 0. The van der Waals surface area contributed by atoms with E-state index in [9.17, 15) is 13.2 Å². The summed E-state index contributed by atoms with van der Waals surface area (Å²) < 4.78 is 24.3. The number of carbonyl (C=O) groups excluding carboxylic acids is 1. The molecule has 0 spiro atoms. The second-order valence-corrected chi connectivity index (χ2v) is 7.22. The molecule has 1 amide bonds. The molecule has 1 fully saturated rings. The maximum atomic E-state index is 12.0. The van der Waals surface area contributed by atoms with Crippen molar-refractivity contribution < 1.29 is 13.2 Å². The van der Waals surface area contributed by atoms with Gasteiger partial charge in [0.2, 0.25) is 15.9 Å². The van der Waals surface area contributed by atoms with Crippen molar-refractivity contribution in [2.24, 2.45) is 5.92 Å². The van der Waals surface area contributed by atoms with Crippen LogP contribution in [0.1, 0.15) is 26.2 Å². The van der Waals surface area contributed by atoms with Gasteiger partial charge in [0.15, 0.2) is 5.11 Å². The molecule has 0 bridgehead atoms. The van der Waals surface area contributed by atoms with Crippen LogP contribution in [-0.2, 0) is 14.8 Å². The molecule has 9 heteroatoms. The monoisotopic (exact) mass is 322 g/mol. The Kier molecular flexibility index (Phi) is 6.63. The van der Waals surface area contributed by atoms with E-state index in [1.807, 2.05) is 6.92 Å².